The summed E-state index contributed by atoms with van der Waals surface area (Å²) in [6.07, 6.45) is 0. The van der Waals surface area contributed by atoms with Crippen LogP contribution in [0.5, 0.6) is 0 Å². The Kier molecular flexibility index (Phi) is 3.48. The number of carbonyl (C=O) groups is 1. The minimum Gasteiger partial charge on any atom is -0.326 e. The van der Waals surface area contributed by atoms with E-state index in [2.05, 4.69) is 10.7 Å². The van der Waals surface area contributed by atoms with Crippen molar-refractivity contribution in [1.29, 1.82) is 0 Å². The van der Waals surface area contributed by atoms with E-state index in [-0.39, 0.29) is 11.8 Å². The third-order valence-corrected chi connectivity index (χ3v) is 1.82. The van der Waals surface area contributed by atoms with Gasteiger partial charge in [-0.05, 0) is 18.2 Å². The summed E-state index contributed by atoms with van der Waals surface area (Å²) in [5.74, 6) is 5.22. The van der Waals surface area contributed by atoms with Gasteiger partial charge in [0.15, 0.2) is 0 Å². The van der Waals surface area contributed by atoms with Crippen LogP contribution in [0.1, 0.15) is 13.8 Å². The van der Waals surface area contributed by atoms with Crippen LogP contribution in [0.15, 0.2) is 24.3 Å². The predicted molar refractivity (Wildman–Crippen MR) is 57.7 cm³/mol. The van der Waals surface area contributed by atoms with Gasteiger partial charge in [0.05, 0.1) is 5.69 Å². The number of amides is 1. The second-order valence-corrected chi connectivity index (χ2v) is 3.37. The number of benzene rings is 1. The molecule has 4 nitrogen and oxygen atoms in total. The summed E-state index contributed by atoms with van der Waals surface area (Å²) in [6, 6.07) is 7.25. The largest absolute Gasteiger partial charge is 0.326 e. The van der Waals surface area contributed by atoms with Gasteiger partial charge in [-0.1, -0.05) is 19.9 Å². The highest BCUT2D eigenvalue weighted by Crippen LogP contribution is 2.14. The lowest BCUT2D eigenvalue weighted by molar-refractivity contribution is -0.118. The Labute approximate surface area is 83.5 Å². The Bertz CT molecular complexity index is 323. The molecule has 0 bridgehead atoms. The molecule has 4 N–H and O–H groups in total. The van der Waals surface area contributed by atoms with Gasteiger partial charge < -0.3 is 10.7 Å². The highest BCUT2D eigenvalue weighted by Gasteiger charge is 2.06. The van der Waals surface area contributed by atoms with Crippen molar-refractivity contribution < 1.29 is 4.79 Å². The second kappa shape index (κ2) is 4.62. The van der Waals surface area contributed by atoms with Gasteiger partial charge in [-0.2, -0.15) is 0 Å². The number of hydrogen-bond acceptors (Lipinski definition) is 3. The molecule has 0 saturated carbocycles. The first-order valence-corrected chi connectivity index (χ1v) is 4.51. The smallest absolute Gasteiger partial charge is 0.226 e. The van der Waals surface area contributed by atoms with E-state index in [4.69, 9.17) is 5.84 Å². The molecule has 0 radical (unpaired) electrons. The molecule has 1 aromatic carbocycles. The zero-order valence-corrected chi connectivity index (χ0v) is 8.37. The van der Waals surface area contributed by atoms with Crippen molar-refractivity contribution in [1.82, 2.24) is 0 Å². The van der Waals surface area contributed by atoms with Crippen LogP contribution in [0.25, 0.3) is 0 Å². The van der Waals surface area contributed by atoms with Crippen molar-refractivity contribution in [2.75, 3.05) is 10.7 Å². The maximum absolute atomic E-state index is 11.3. The molecule has 0 heterocycles. The molecule has 0 aliphatic heterocycles. The molecule has 0 aliphatic rings. The van der Waals surface area contributed by atoms with E-state index < -0.39 is 0 Å². The predicted octanol–water partition coefficient (Wildman–Crippen LogP) is 1.57. The Morgan fingerprint density at radius 3 is 2.57 bits per heavy atom. The maximum Gasteiger partial charge on any atom is 0.226 e. The van der Waals surface area contributed by atoms with Gasteiger partial charge in [0, 0.05) is 11.6 Å². The fourth-order valence-electron chi connectivity index (χ4n) is 0.973. The molecule has 1 amide bonds. The van der Waals surface area contributed by atoms with E-state index in [9.17, 15) is 4.79 Å². The summed E-state index contributed by atoms with van der Waals surface area (Å²) >= 11 is 0. The lowest BCUT2D eigenvalue weighted by Gasteiger charge is -2.08. The number of carbonyl (C=O) groups excluding carboxylic acids is 1. The van der Waals surface area contributed by atoms with Gasteiger partial charge in [0.1, 0.15) is 0 Å². The fraction of sp³-hybridized carbons (Fsp3) is 0.300. The van der Waals surface area contributed by atoms with Crippen molar-refractivity contribution in [3.63, 3.8) is 0 Å². The first-order chi connectivity index (χ1) is 6.63. The highest BCUT2D eigenvalue weighted by molar-refractivity contribution is 5.92. The first kappa shape index (κ1) is 10.5. The standard InChI is InChI=1S/C10H15N3O/c1-7(2)10(14)12-8-4-3-5-9(6-8)13-11/h3-7,13H,11H2,1-2H3,(H,12,14). The molecule has 0 aliphatic carbocycles. The monoisotopic (exact) mass is 193 g/mol. The van der Waals surface area contributed by atoms with Crippen LogP contribution < -0.4 is 16.6 Å². The summed E-state index contributed by atoms with van der Waals surface area (Å²) in [5.41, 5.74) is 4.04. The molecule has 0 spiro atoms. The van der Waals surface area contributed by atoms with E-state index in [1.54, 1.807) is 6.07 Å². The average Bonchev–Trinajstić information content (AvgIpc) is 2.18. The van der Waals surface area contributed by atoms with E-state index >= 15 is 0 Å². The van der Waals surface area contributed by atoms with E-state index in [1.165, 1.54) is 0 Å². The molecule has 0 aromatic heterocycles. The summed E-state index contributed by atoms with van der Waals surface area (Å²) in [4.78, 5) is 11.3. The van der Waals surface area contributed by atoms with Crippen LogP contribution in [0, 0.1) is 5.92 Å². The molecule has 0 saturated heterocycles. The van der Waals surface area contributed by atoms with Gasteiger partial charge in [-0.15, -0.1) is 0 Å². The number of rotatable bonds is 3. The van der Waals surface area contributed by atoms with Crippen molar-refractivity contribution in [2.45, 2.75) is 13.8 Å². The molecule has 0 fully saturated rings. The highest BCUT2D eigenvalue weighted by atomic mass is 16.1. The van der Waals surface area contributed by atoms with Crippen LogP contribution in [0.2, 0.25) is 0 Å². The molecule has 0 atom stereocenters. The third kappa shape index (κ3) is 2.74. The summed E-state index contributed by atoms with van der Waals surface area (Å²) < 4.78 is 0. The molecule has 76 valence electrons. The SMILES string of the molecule is CC(C)C(=O)Nc1cccc(NN)c1. The van der Waals surface area contributed by atoms with Crippen molar-refractivity contribution in [2.24, 2.45) is 11.8 Å². The molecule has 1 rings (SSSR count). The van der Waals surface area contributed by atoms with Crippen LogP contribution in [0.4, 0.5) is 11.4 Å². The van der Waals surface area contributed by atoms with Crippen LogP contribution in [-0.2, 0) is 4.79 Å². The van der Waals surface area contributed by atoms with Gasteiger partial charge in [-0.3, -0.25) is 10.6 Å². The minimum atomic E-state index is -0.0236. The molecule has 4 heteroatoms. The molecule has 14 heavy (non-hydrogen) atoms. The first-order valence-electron chi connectivity index (χ1n) is 4.51. The molecular weight excluding hydrogens is 178 g/mol. The zero-order valence-electron chi connectivity index (χ0n) is 8.37. The van der Waals surface area contributed by atoms with Crippen molar-refractivity contribution in [3.05, 3.63) is 24.3 Å². The summed E-state index contributed by atoms with van der Waals surface area (Å²) in [5, 5.41) is 2.78. The minimum absolute atomic E-state index is 0.000767. The van der Waals surface area contributed by atoms with Crippen LogP contribution in [-0.4, -0.2) is 5.91 Å². The Hall–Kier alpha value is -1.55. The van der Waals surface area contributed by atoms with Gasteiger partial charge in [0.2, 0.25) is 5.91 Å². The van der Waals surface area contributed by atoms with E-state index in [0.717, 1.165) is 11.4 Å². The number of hydrogen-bond donors (Lipinski definition) is 3. The Morgan fingerprint density at radius 1 is 1.36 bits per heavy atom. The number of nitrogen functional groups attached to an aromatic ring is 1. The number of hydrazine groups is 1. The Balaban J connectivity index is 2.72. The van der Waals surface area contributed by atoms with Crippen molar-refractivity contribution in [3.8, 4) is 0 Å². The van der Waals surface area contributed by atoms with E-state index in [1.807, 2.05) is 32.0 Å². The van der Waals surface area contributed by atoms with Crippen LogP contribution >= 0.6 is 0 Å². The topological polar surface area (TPSA) is 67.2 Å². The Morgan fingerprint density at radius 2 is 2.00 bits per heavy atom. The number of anilines is 2. The quantitative estimate of drug-likeness (QED) is 0.504. The zero-order chi connectivity index (χ0) is 10.6. The van der Waals surface area contributed by atoms with Gasteiger partial charge >= 0.3 is 0 Å². The van der Waals surface area contributed by atoms with Gasteiger partial charge in [-0.25, -0.2) is 0 Å². The maximum atomic E-state index is 11.3. The number of nitrogens with one attached hydrogen (secondary N) is 2. The lowest BCUT2D eigenvalue weighted by Crippen LogP contribution is -2.17. The lowest BCUT2D eigenvalue weighted by atomic mass is 10.2. The van der Waals surface area contributed by atoms with Gasteiger partial charge in [0.25, 0.3) is 0 Å². The fourth-order valence-corrected chi connectivity index (χ4v) is 0.973. The molecular formula is C10H15N3O. The second-order valence-electron chi connectivity index (χ2n) is 3.37. The third-order valence-electron chi connectivity index (χ3n) is 1.82. The number of nitrogens with two attached hydrogens (primary N) is 1. The molecule has 1 aromatic rings. The van der Waals surface area contributed by atoms with E-state index in [0.29, 0.717) is 0 Å². The summed E-state index contributed by atoms with van der Waals surface area (Å²) in [6.45, 7) is 3.70. The average molecular weight is 193 g/mol. The van der Waals surface area contributed by atoms with Crippen LogP contribution in [0.3, 0.4) is 0 Å². The summed E-state index contributed by atoms with van der Waals surface area (Å²) in [7, 11) is 0. The normalized spacial score (nSPS) is 10.0. The van der Waals surface area contributed by atoms with Crippen molar-refractivity contribution >= 4 is 17.3 Å². The molecule has 0 unspecified atom stereocenters.